The maximum absolute atomic E-state index is 12.5. The number of hydrogen-bond donors (Lipinski definition) is 0. The summed E-state index contributed by atoms with van der Waals surface area (Å²) in [6.07, 6.45) is 1.73. The van der Waals surface area contributed by atoms with Crippen LogP contribution in [0.1, 0.15) is 11.1 Å². The first kappa shape index (κ1) is 20.0. The van der Waals surface area contributed by atoms with Crippen LogP contribution in [0.4, 0.5) is 0 Å². The zero-order chi connectivity index (χ0) is 21.9. The monoisotopic (exact) mass is 438 g/mol. The SMILES string of the molecule is COc1ccc2nc(Sc3ccccc3)c(C=C3N=C(c4ccccc4)OC3=O)cc2c1. The Labute approximate surface area is 189 Å². The van der Waals surface area contributed by atoms with Gasteiger partial charge in [-0.15, -0.1) is 0 Å². The van der Waals surface area contributed by atoms with Gasteiger partial charge >= 0.3 is 5.97 Å². The van der Waals surface area contributed by atoms with E-state index in [2.05, 4.69) is 4.99 Å². The quantitative estimate of drug-likeness (QED) is 0.294. The zero-order valence-corrected chi connectivity index (χ0v) is 18.0. The molecule has 0 atom stereocenters. The van der Waals surface area contributed by atoms with E-state index in [9.17, 15) is 4.79 Å². The smallest absolute Gasteiger partial charge is 0.363 e. The molecule has 0 aliphatic carbocycles. The Morgan fingerprint density at radius 1 is 0.938 bits per heavy atom. The molecule has 0 saturated carbocycles. The molecule has 0 spiro atoms. The average Bonchev–Trinajstić information content (AvgIpc) is 3.20. The molecule has 0 saturated heterocycles. The molecule has 0 unspecified atom stereocenters. The number of ether oxygens (including phenoxy) is 2. The Balaban J connectivity index is 1.61. The highest BCUT2D eigenvalue weighted by Crippen LogP contribution is 2.34. The Morgan fingerprint density at radius 2 is 1.69 bits per heavy atom. The summed E-state index contributed by atoms with van der Waals surface area (Å²) < 4.78 is 10.8. The molecule has 2 heterocycles. The van der Waals surface area contributed by atoms with Gasteiger partial charge in [-0.05, 0) is 54.6 Å². The summed E-state index contributed by atoms with van der Waals surface area (Å²) in [7, 11) is 1.63. The molecule has 5 rings (SSSR count). The molecule has 1 aliphatic heterocycles. The minimum absolute atomic E-state index is 0.239. The summed E-state index contributed by atoms with van der Waals surface area (Å²) in [5, 5.41) is 1.68. The normalized spacial score (nSPS) is 14.5. The molecule has 0 N–H and O–H groups in total. The third kappa shape index (κ3) is 4.13. The van der Waals surface area contributed by atoms with Gasteiger partial charge in [-0.3, -0.25) is 0 Å². The van der Waals surface area contributed by atoms with E-state index in [4.69, 9.17) is 14.5 Å². The summed E-state index contributed by atoms with van der Waals surface area (Å²) >= 11 is 1.53. The highest BCUT2D eigenvalue weighted by molar-refractivity contribution is 7.99. The van der Waals surface area contributed by atoms with Crippen molar-refractivity contribution in [3.05, 3.63) is 102 Å². The van der Waals surface area contributed by atoms with E-state index in [0.29, 0.717) is 5.90 Å². The maximum atomic E-state index is 12.5. The number of benzene rings is 3. The molecule has 5 nitrogen and oxygen atoms in total. The number of carbonyl (C=O) groups is 1. The van der Waals surface area contributed by atoms with E-state index in [-0.39, 0.29) is 5.70 Å². The predicted molar refractivity (Wildman–Crippen MR) is 126 cm³/mol. The van der Waals surface area contributed by atoms with Gasteiger partial charge in [-0.2, -0.15) is 0 Å². The van der Waals surface area contributed by atoms with Crippen molar-refractivity contribution in [2.75, 3.05) is 7.11 Å². The molecule has 3 aromatic carbocycles. The van der Waals surface area contributed by atoms with Crippen molar-refractivity contribution in [3.63, 3.8) is 0 Å². The van der Waals surface area contributed by atoms with Gasteiger partial charge < -0.3 is 9.47 Å². The number of esters is 1. The third-order valence-electron chi connectivity index (χ3n) is 4.91. The Bertz CT molecular complexity index is 1370. The van der Waals surface area contributed by atoms with Gasteiger partial charge in [0.1, 0.15) is 10.8 Å². The van der Waals surface area contributed by atoms with Crippen LogP contribution in [-0.2, 0) is 9.53 Å². The van der Waals surface area contributed by atoms with Crippen LogP contribution >= 0.6 is 11.8 Å². The van der Waals surface area contributed by atoms with Gasteiger partial charge in [-0.1, -0.05) is 48.2 Å². The first-order valence-electron chi connectivity index (χ1n) is 9.99. The molecule has 0 amide bonds. The lowest BCUT2D eigenvalue weighted by Gasteiger charge is -2.09. The van der Waals surface area contributed by atoms with Crippen LogP contribution in [-0.4, -0.2) is 24.0 Å². The van der Waals surface area contributed by atoms with Crippen molar-refractivity contribution in [1.29, 1.82) is 0 Å². The number of hydrogen-bond acceptors (Lipinski definition) is 6. The summed E-state index contributed by atoms with van der Waals surface area (Å²) in [4.78, 5) is 22.9. The Morgan fingerprint density at radius 3 is 2.44 bits per heavy atom. The number of carbonyl (C=O) groups excluding carboxylic acids is 1. The number of aromatic nitrogens is 1. The van der Waals surface area contributed by atoms with Crippen LogP contribution in [0.2, 0.25) is 0 Å². The topological polar surface area (TPSA) is 60.8 Å². The Hall–Kier alpha value is -3.90. The van der Waals surface area contributed by atoms with Crippen molar-refractivity contribution in [2.24, 2.45) is 4.99 Å². The minimum Gasteiger partial charge on any atom is -0.497 e. The minimum atomic E-state index is -0.481. The lowest BCUT2D eigenvalue weighted by molar-refractivity contribution is -0.129. The van der Waals surface area contributed by atoms with Crippen molar-refractivity contribution in [1.82, 2.24) is 4.98 Å². The molecule has 0 fully saturated rings. The first-order chi connectivity index (χ1) is 15.7. The van der Waals surface area contributed by atoms with E-state index in [1.54, 1.807) is 13.2 Å². The standard InChI is InChI=1S/C26H18N2O3S/c1-30-20-12-13-22-18(15-20)14-19(25(28-22)32-21-10-6-3-7-11-21)16-23-26(29)31-24(27-23)17-8-4-2-5-9-17/h2-16H,1H3. The van der Waals surface area contributed by atoms with Crippen LogP contribution in [0, 0.1) is 0 Å². The van der Waals surface area contributed by atoms with Crippen LogP contribution in [0.3, 0.4) is 0 Å². The van der Waals surface area contributed by atoms with Crippen molar-refractivity contribution in [3.8, 4) is 5.75 Å². The molecule has 1 aromatic heterocycles. The fraction of sp³-hybridized carbons (Fsp3) is 0.0385. The van der Waals surface area contributed by atoms with E-state index >= 15 is 0 Å². The second-order valence-corrected chi connectivity index (χ2v) is 8.12. The second-order valence-electron chi connectivity index (χ2n) is 7.06. The summed E-state index contributed by atoms with van der Waals surface area (Å²) in [6, 6.07) is 27.1. The van der Waals surface area contributed by atoms with Crippen molar-refractivity contribution < 1.29 is 14.3 Å². The number of methoxy groups -OCH3 is 1. The fourth-order valence-corrected chi connectivity index (χ4v) is 4.22. The Kier molecular flexibility index (Phi) is 5.44. The molecule has 0 bridgehead atoms. The summed E-state index contributed by atoms with van der Waals surface area (Å²) in [6.45, 7) is 0. The summed E-state index contributed by atoms with van der Waals surface area (Å²) in [5.41, 5.74) is 2.62. The van der Waals surface area contributed by atoms with Crippen molar-refractivity contribution >= 4 is 40.6 Å². The van der Waals surface area contributed by atoms with Gasteiger partial charge in [0, 0.05) is 21.4 Å². The molecular weight excluding hydrogens is 420 g/mol. The number of pyridine rings is 1. The van der Waals surface area contributed by atoms with Crippen LogP contribution in [0.5, 0.6) is 5.75 Å². The van der Waals surface area contributed by atoms with Gasteiger partial charge in [0.2, 0.25) is 5.90 Å². The number of fused-ring (bicyclic) bond motifs is 1. The van der Waals surface area contributed by atoms with E-state index in [1.807, 2.05) is 84.9 Å². The largest absolute Gasteiger partial charge is 0.497 e. The lowest BCUT2D eigenvalue weighted by Crippen LogP contribution is -2.05. The predicted octanol–water partition coefficient (Wildman–Crippen LogP) is 5.74. The number of nitrogens with zero attached hydrogens (tertiary/aromatic N) is 2. The maximum Gasteiger partial charge on any atom is 0.363 e. The zero-order valence-electron chi connectivity index (χ0n) is 17.2. The molecule has 1 aliphatic rings. The molecule has 156 valence electrons. The number of aliphatic imine (C=N–C) groups is 1. The molecule has 6 heteroatoms. The first-order valence-corrected chi connectivity index (χ1v) is 10.8. The van der Waals surface area contributed by atoms with Gasteiger partial charge in [-0.25, -0.2) is 14.8 Å². The summed E-state index contributed by atoms with van der Waals surface area (Å²) in [5.74, 6) is 0.561. The average molecular weight is 439 g/mol. The van der Waals surface area contributed by atoms with Crippen LogP contribution < -0.4 is 4.74 Å². The van der Waals surface area contributed by atoms with E-state index in [1.165, 1.54) is 11.8 Å². The highest BCUT2D eigenvalue weighted by atomic mass is 32.2. The van der Waals surface area contributed by atoms with E-state index < -0.39 is 5.97 Å². The van der Waals surface area contributed by atoms with Gasteiger partial charge in [0.15, 0.2) is 5.70 Å². The van der Waals surface area contributed by atoms with E-state index in [0.717, 1.165) is 37.7 Å². The lowest BCUT2D eigenvalue weighted by atomic mass is 10.1. The molecule has 4 aromatic rings. The van der Waals surface area contributed by atoms with Crippen LogP contribution in [0.15, 0.2) is 106 Å². The molecule has 0 radical (unpaired) electrons. The molecular formula is C26H18N2O3S. The third-order valence-corrected chi connectivity index (χ3v) is 5.93. The second kappa shape index (κ2) is 8.69. The van der Waals surface area contributed by atoms with Gasteiger partial charge in [0.25, 0.3) is 0 Å². The highest BCUT2D eigenvalue weighted by Gasteiger charge is 2.24. The fourth-order valence-electron chi connectivity index (χ4n) is 3.33. The number of rotatable bonds is 5. The van der Waals surface area contributed by atoms with Crippen molar-refractivity contribution in [2.45, 2.75) is 9.92 Å². The van der Waals surface area contributed by atoms with Crippen LogP contribution in [0.25, 0.3) is 17.0 Å². The molecule has 32 heavy (non-hydrogen) atoms. The van der Waals surface area contributed by atoms with Gasteiger partial charge in [0.05, 0.1) is 12.6 Å². The number of cyclic esters (lactones) is 1.